The molecule has 0 aliphatic rings. The van der Waals surface area contributed by atoms with E-state index in [1.54, 1.807) is 0 Å². The van der Waals surface area contributed by atoms with E-state index in [2.05, 4.69) is 37.6 Å². The van der Waals surface area contributed by atoms with Gasteiger partial charge in [0.1, 0.15) is 0 Å². The van der Waals surface area contributed by atoms with Gasteiger partial charge in [-0.1, -0.05) is 179 Å². The summed E-state index contributed by atoms with van der Waals surface area (Å²) >= 11 is 0. The van der Waals surface area contributed by atoms with E-state index in [0.29, 0.717) is 0 Å². The van der Waals surface area contributed by atoms with Crippen LogP contribution in [0.25, 0.3) is 0 Å². The lowest BCUT2D eigenvalue weighted by Gasteiger charge is -2.02. The summed E-state index contributed by atoms with van der Waals surface area (Å²) in [5.74, 6) is 4.69. The largest absolute Gasteiger partial charge is 0.0834 e. The van der Waals surface area contributed by atoms with E-state index >= 15 is 0 Å². The summed E-state index contributed by atoms with van der Waals surface area (Å²) in [6.45, 7) is 4.60. The number of hydrogen-bond acceptors (Lipinski definition) is 0. The van der Waals surface area contributed by atoms with Crippen molar-refractivity contribution < 1.29 is 0 Å². The molecule has 195 valence electrons. The molecule has 0 heterocycles. The van der Waals surface area contributed by atoms with E-state index < -0.39 is 0 Å². The van der Waals surface area contributed by atoms with Crippen molar-refractivity contribution in [3.63, 3.8) is 0 Å². The first-order valence-electron chi connectivity index (χ1n) is 15.4. The smallest absolute Gasteiger partial charge is 0.0267 e. The SMILES string of the molecule is CCCCCCCCCCCCCC/C=C/[P]/C=C/CCCCCCCCCCCCCC. The molecule has 0 N–H and O–H groups in total. The summed E-state index contributed by atoms with van der Waals surface area (Å²) in [6.07, 6.45) is 41.9. The molecule has 0 saturated carbocycles. The summed E-state index contributed by atoms with van der Waals surface area (Å²) in [5.41, 5.74) is 0. The van der Waals surface area contributed by atoms with Gasteiger partial charge in [-0.3, -0.25) is 0 Å². The molecular formula is C32H62P. The van der Waals surface area contributed by atoms with Gasteiger partial charge in [0.25, 0.3) is 0 Å². The zero-order valence-electron chi connectivity index (χ0n) is 23.1. The first-order chi connectivity index (χ1) is 16.4. The maximum Gasteiger partial charge on any atom is -0.0267 e. The van der Waals surface area contributed by atoms with Crippen LogP contribution in [0.2, 0.25) is 0 Å². The minimum atomic E-state index is 1.27. The van der Waals surface area contributed by atoms with Crippen molar-refractivity contribution in [3.8, 4) is 0 Å². The summed E-state index contributed by atoms with van der Waals surface area (Å²) in [4.78, 5) is 0. The molecule has 0 unspecified atom stereocenters. The molecule has 0 aromatic rings. The first kappa shape index (κ1) is 32.9. The van der Waals surface area contributed by atoms with Crippen LogP contribution >= 0.6 is 8.58 Å². The van der Waals surface area contributed by atoms with Gasteiger partial charge < -0.3 is 0 Å². The standard InChI is InChI=1S/C32H62P/c1-3-5-7-9-11-13-15-17-19-21-23-25-27-29-31-33-32-30-28-26-24-22-20-18-16-14-12-10-8-6-4-2/h29-32H,3-28H2,1-2H3/b31-29+,32-30+. The molecule has 0 atom stereocenters. The predicted molar refractivity (Wildman–Crippen MR) is 157 cm³/mol. The van der Waals surface area contributed by atoms with Crippen LogP contribution in [0.4, 0.5) is 0 Å². The van der Waals surface area contributed by atoms with Crippen LogP contribution < -0.4 is 0 Å². The van der Waals surface area contributed by atoms with E-state index in [1.165, 1.54) is 176 Å². The lowest BCUT2D eigenvalue weighted by Crippen LogP contribution is -1.82. The summed E-state index contributed by atoms with van der Waals surface area (Å²) < 4.78 is 0. The van der Waals surface area contributed by atoms with E-state index in [4.69, 9.17) is 0 Å². The third-order valence-electron chi connectivity index (χ3n) is 6.83. The van der Waals surface area contributed by atoms with Gasteiger partial charge in [-0.05, 0) is 34.3 Å². The Morgan fingerprint density at radius 2 is 0.576 bits per heavy atom. The molecule has 1 heteroatoms. The molecule has 0 fully saturated rings. The van der Waals surface area contributed by atoms with Gasteiger partial charge in [-0.15, -0.1) is 0 Å². The van der Waals surface area contributed by atoms with Gasteiger partial charge in [0.15, 0.2) is 0 Å². The van der Waals surface area contributed by atoms with E-state index in [-0.39, 0.29) is 0 Å². The van der Waals surface area contributed by atoms with Crippen LogP contribution in [0, 0.1) is 0 Å². The Hall–Kier alpha value is -0.0900. The van der Waals surface area contributed by atoms with Gasteiger partial charge in [-0.25, -0.2) is 0 Å². The molecule has 0 rings (SSSR count). The average molecular weight is 478 g/mol. The quantitative estimate of drug-likeness (QED) is 0.0776. The summed E-state index contributed by atoms with van der Waals surface area (Å²) in [5, 5.41) is 0. The van der Waals surface area contributed by atoms with Crippen molar-refractivity contribution in [1.82, 2.24) is 0 Å². The van der Waals surface area contributed by atoms with Crippen molar-refractivity contribution in [3.05, 3.63) is 23.8 Å². The Morgan fingerprint density at radius 1 is 0.333 bits per heavy atom. The van der Waals surface area contributed by atoms with Crippen LogP contribution in [0.1, 0.15) is 181 Å². The van der Waals surface area contributed by atoms with Gasteiger partial charge in [0.05, 0.1) is 0 Å². The van der Waals surface area contributed by atoms with Crippen LogP contribution in [0.5, 0.6) is 0 Å². The number of rotatable bonds is 28. The first-order valence-corrected chi connectivity index (χ1v) is 16.4. The molecule has 0 saturated heterocycles. The Bertz CT molecular complexity index is 348. The molecule has 0 nitrogen and oxygen atoms in total. The molecule has 0 amide bonds. The van der Waals surface area contributed by atoms with Crippen molar-refractivity contribution in [2.75, 3.05) is 0 Å². The maximum atomic E-state index is 2.39. The zero-order chi connectivity index (χ0) is 23.9. The fourth-order valence-corrected chi connectivity index (χ4v) is 5.17. The zero-order valence-corrected chi connectivity index (χ0v) is 24.0. The van der Waals surface area contributed by atoms with Crippen molar-refractivity contribution in [2.45, 2.75) is 181 Å². The third-order valence-corrected chi connectivity index (χ3v) is 7.60. The van der Waals surface area contributed by atoms with Crippen molar-refractivity contribution in [1.29, 1.82) is 0 Å². The van der Waals surface area contributed by atoms with Gasteiger partial charge >= 0.3 is 0 Å². The minimum absolute atomic E-state index is 1.27. The number of allylic oxidation sites excluding steroid dienone is 2. The summed E-state index contributed by atoms with van der Waals surface area (Å²) in [6, 6.07) is 0. The second kappa shape index (κ2) is 31.9. The average Bonchev–Trinajstić information content (AvgIpc) is 2.83. The molecular weight excluding hydrogens is 415 g/mol. The highest BCUT2D eigenvalue weighted by molar-refractivity contribution is 7.45. The Balaban J connectivity index is 3.14. The monoisotopic (exact) mass is 477 g/mol. The highest BCUT2D eigenvalue weighted by Crippen LogP contribution is 2.17. The molecule has 1 radical (unpaired) electrons. The maximum absolute atomic E-state index is 2.39. The Labute approximate surface area is 213 Å². The van der Waals surface area contributed by atoms with Gasteiger partial charge in [0.2, 0.25) is 0 Å². The normalized spacial score (nSPS) is 11.9. The molecule has 0 aliphatic heterocycles. The molecule has 0 aliphatic carbocycles. The molecule has 0 aromatic heterocycles. The van der Waals surface area contributed by atoms with Crippen LogP contribution in [0.3, 0.4) is 0 Å². The summed E-state index contributed by atoms with van der Waals surface area (Å²) in [7, 11) is 1.38. The van der Waals surface area contributed by atoms with E-state index in [9.17, 15) is 0 Å². The molecule has 33 heavy (non-hydrogen) atoms. The molecule has 0 spiro atoms. The Morgan fingerprint density at radius 3 is 0.848 bits per heavy atom. The fraction of sp³-hybridized carbons (Fsp3) is 0.875. The van der Waals surface area contributed by atoms with Crippen LogP contribution in [-0.4, -0.2) is 0 Å². The van der Waals surface area contributed by atoms with Crippen LogP contribution in [-0.2, 0) is 0 Å². The van der Waals surface area contributed by atoms with Gasteiger partial charge in [-0.2, -0.15) is 0 Å². The topological polar surface area (TPSA) is 0 Å². The third kappa shape index (κ3) is 31.9. The molecule has 0 bridgehead atoms. The highest BCUT2D eigenvalue weighted by Gasteiger charge is 1.94. The van der Waals surface area contributed by atoms with E-state index in [0.717, 1.165) is 0 Å². The Kier molecular flexibility index (Phi) is 31.8. The van der Waals surface area contributed by atoms with Crippen LogP contribution in [0.15, 0.2) is 23.8 Å². The number of unbranched alkanes of at least 4 members (excludes halogenated alkanes) is 24. The second-order valence-electron chi connectivity index (χ2n) is 10.3. The lowest BCUT2D eigenvalue weighted by atomic mass is 10.0. The number of hydrogen-bond donors (Lipinski definition) is 0. The highest BCUT2D eigenvalue weighted by atomic mass is 31.1. The second-order valence-corrected chi connectivity index (χ2v) is 11.2. The van der Waals surface area contributed by atoms with E-state index in [1.807, 2.05) is 0 Å². The predicted octanol–water partition coefficient (Wildman–Crippen LogP) is 13.1. The lowest BCUT2D eigenvalue weighted by molar-refractivity contribution is 0.545. The molecule has 0 aromatic carbocycles. The van der Waals surface area contributed by atoms with Gasteiger partial charge in [0, 0.05) is 0 Å². The fourth-order valence-electron chi connectivity index (χ4n) is 4.53. The minimum Gasteiger partial charge on any atom is -0.0834 e. The van der Waals surface area contributed by atoms with Crippen molar-refractivity contribution >= 4 is 8.58 Å². The van der Waals surface area contributed by atoms with Crippen molar-refractivity contribution in [2.24, 2.45) is 0 Å².